The van der Waals surface area contributed by atoms with E-state index >= 15 is 0 Å². The summed E-state index contributed by atoms with van der Waals surface area (Å²) >= 11 is 6.11. The molecule has 146 valence electrons. The molecule has 1 saturated heterocycles. The number of fused-ring (bicyclic) bond motifs is 1. The van der Waals surface area contributed by atoms with Crippen molar-refractivity contribution < 1.29 is 4.79 Å². The number of hydrogen-bond donors (Lipinski definition) is 3. The van der Waals surface area contributed by atoms with E-state index in [1.807, 2.05) is 36.4 Å². The van der Waals surface area contributed by atoms with Crippen molar-refractivity contribution in [3.05, 3.63) is 65.0 Å². The molecule has 1 aromatic carbocycles. The molecule has 0 unspecified atom stereocenters. The number of carbonyl (C=O) groups is 1. The summed E-state index contributed by atoms with van der Waals surface area (Å²) < 4.78 is 1.79. The standard InChI is InChI=1S/C21H19ClN6O/c1-12-13(8-20(29)24-12)7-14-11-23-28-19(26-16-5-6-16)10-18(27-21(14)28)25-17-4-2-3-15(22)9-17/h2-4,7,9-11,16,26H,1,5-6,8H2,(H,24,29)(H,25,27)/b13-7+. The number of carbonyl (C=O) groups excluding carboxylic acids is 1. The predicted molar refractivity (Wildman–Crippen MR) is 114 cm³/mol. The Hall–Kier alpha value is -3.32. The Morgan fingerprint density at radius 1 is 1.31 bits per heavy atom. The second kappa shape index (κ2) is 6.93. The minimum absolute atomic E-state index is 0.0508. The van der Waals surface area contributed by atoms with Gasteiger partial charge in [-0.25, -0.2) is 4.98 Å². The maximum absolute atomic E-state index is 11.6. The highest BCUT2D eigenvalue weighted by molar-refractivity contribution is 6.30. The number of amides is 1. The Balaban J connectivity index is 1.57. The zero-order valence-corrected chi connectivity index (χ0v) is 16.3. The maximum atomic E-state index is 11.6. The summed E-state index contributed by atoms with van der Waals surface area (Å²) in [5, 5.41) is 14.7. The number of anilines is 3. The molecule has 1 aliphatic carbocycles. The van der Waals surface area contributed by atoms with Gasteiger partial charge in [0.15, 0.2) is 5.65 Å². The Morgan fingerprint density at radius 3 is 2.90 bits per heavy atom. The van der Waals surface area contributed by atoms with Gasteiger partial charge in [0, 0.05) is 34.1 Å². The van der Waals surface area contributed by atoms with E-state index in [1.54, 1.807) is 10.7 Å². The van der Waals surface area contributed by atoms with Gasteiger partial charge in [-0.2, -0.15) is 9.61 Å². The topological polar surface area (TPSA) is 83.4 Å². The number of halogens is 1. The van der Waals surface area contributed by atoms with Gasteiger partial charge in [-0.1, -0.05) is 24.2 Å². The van der Waals surface area contributed by atoms with Crippen molar-refractivity contribution in [1.82, 2.24) is 19.9 Å². The molecular weight excluding hydrogens is 388 g/mol. The zero-order chi connectivity index (χ0) is 20.0. The molecule has 0 radical (unpaired) electrons. The van der Waals surface area contributed by atoms with Crippen LogP contribution in [-0.4, -0.2) is 26.5 Å². The molecule has 1 saturated carbocycles. The van der Waals surface area contributed by atoms with E-state index in [2.05, 4.69) is 27.6 Å². The molecule has 3 N–H and O–H groups in total. The molecule has 3 aromatic rings. The average Bonchev–Trinajstić information content (AvgIpc) is 3.31. The molecule has 0 atom stereocenters. The van der Waals surface area contributed by atoms with Gasteiger partial charge in [0.2, 0.25) is 5.91 Å². The van der Waals surface area contributed by atoms with Crippen LogP contribution in [0.4, 0.5) is 17.3 Å². The van der Waals surface area contributed by atoms with Crippen molar-refractivity contribution in [2.24, 2.45) is 0 Å². The van der Waals surface area contributed by atoms with Gasteiger partial charge in [0.05, 0.1) is 12.6 Å². The summed E-state index contributed by atoms with van der Waals surface area (Å²) in [6.45, 7) is 3.91. The summed E-state index contributed by atoms with van der Waals surface area (Å²) in [5.74, 6) is 1.50. The van der Waals surface area contributed by atoms with Crippen LogP contribution < -0.4 is 16.0 Å². The Bertz CT molecular complexity index is 1180. The highest BCUT2D eigenvalue weighted by Gasteiger charge is 2.24. The quantitative estimate of drug-likeness (QED) is 0.593. The van der Waals surface area contributed by atoms with Crippen molar-refractivity contribution in [3.63, 3.8) is 0 Å². The fraction of sp³-hybridized carbons (Fsp3) is 0.190. The van der Waals surface area contributed by atoms with Crippen LogP contribution in [0.3, 0.4) is 0 Å². The fourth-order valence-electron chi connectivity index (χ4n) is 3.30. The van der Waals surface area contributed by atoms with Crippen molar-refractivity contribution in [2.45, 2.75) is 25.3 Å². The van der Waals surface area contributed by atoms with Crippen LogP contribution in [0.1, 0.15) is 24.8 Å². The normalized spacial score (nSPS) is 17.8. The molecule has 2 aromatic heterocycles. The van der Waals surface area contributed by atoms with Gasteiger partial charge in [-0.05, 0) is 42.7 Å². The van der Waals surface area contributed by atoms with E-state index in [4.69, 9.17) is 16.6 Å². The Labute approximate surface area is 172 Å². The molecule has 8 heteroatoms. The highest BCUT2D eigenvalue weighted by Crippen LogP contribution is 2.29. The first-order valence-electron chi connectivity index (χ1n) is 9.43. The third-order valence-corrected chi connectivity index (χ3v) is 5.12. The summed E-state index contributed by atoms with van der Waals surface area (Å²) in [4.78, 5) is 16.4. The third kappa shape index (κ3) is 3.69. The average molecular weight is 407 g/mol. The van der Waals surface area contributed by atoms with E-state index in [-0.39, 0.29) is 5.91 Å². The summed E-state index contributed by atoms with van der Waals surface area (Å²) in [6, 6.07) is 9.90. The van der Waals surface area contributed by atoms with Crippen molar-refractivity contribution in [1.29, 1.82) is 0 Å². The van der Waals surface area contributed by atoms with Gasteiger partial charge >= 0.3 is 0 Å². The van der Waals surface area contributed by atoms with Gasteiger partial charge < -0.3 is 16.0 Å². The van der Waals surface area contributed by atoms with Gasteiger partial charge in [0.1, 0.15) is 11.6 Å². The second-order valence-electron chi connectivity index (χ2n) is 7.29. The van der Waals surface area contributed by atoms with E-state index in [0.717, 1.165) is 35.5 Å². The maximum Gasteiger partial charge on any atom is 0.228 e. The van der Waals surface area contributed by atoms with Crippen LogP contribution in [0.25, 0.3) is 11.7 Å². The van der Waals surface area contributed by atoms with Crippen molar-refractivity contribution in [3.8, 4) is 0 Å². The fourth-order valence-corrected chi connectivity index (χ4v) is 3.49. The molecule has 1 aliphatic heterocycles. The Kier molecular flexibility index (Phi) is 4.24. The summed E-state index contributed by atoms with van der Waals surface area (Å²) in [5.41, 5.74) is 3.84. The molecule has 29 heavy (non-hydrogen) atoms. The van der Waals surface area contributed by atoms with Gasteiger partial charge in [-0.15, -0.1) is 0 Å². The lowest BCUT2D eigenvalue weighted by atomic mass is 10.1. The zero-order valence-electron chi connectivity index (χ0n) is 15.6. The van der Waals surface area contributed by atoms with Gasteiger partial charge in [0.25, 0.3) is 0 Å². The van der Waals surface area contributed by atoms with Crippen molar-refractivity contribution >= 4 is 46.6 Å². The van der Waals surface area contributed by atoms with Crippen LogP contribution in [0.2, 0.25) is 5.02 Å². The minimum atomic E-state index is -0.0508. The van der Waals surface area contributed by atoms with E-state index in [0.29, 0.717) is 34.6 Å². The number of hydrogen-bond acceptors (Lipinski definition) is 5. The van der Waals surface area contributed by atoms with Crippen LogP contribution in [0.15, 0.2) is 54.4 Å². The van der Waals surface area contributed by atoms with E-state index < -0.39 is 0 Å². The SMILES string of the molecule is C=C1NC(=O)C/C1=C\c1cnn2c(NC3CC3)cc(Nc3cccc(Cl)c3)nc12. The van der Waals surface area contributed by atoms with E-state index in [9.17, 15) is 4.79 Å². The molecule has 1 amide bonds. The molecule has 2 aliphatic rings. The van der Waals surface area contributed by atoms with E-state index in [1.165, 1.54) is 0 Å². The minimum Gasteiger partial charge on any atom is -0.367 e. The summed E-state index contributed by atoms with van der Waals surface area (Å²) in [7, 11) is 0. The second-order valence-corrected chi connectivity index (χ2v) is 7.73. The number of nitrogens with one attached hydrogen (secondary N) is 3. The molecule has 0 spiro atoms. The lowest BCUT2D eigenvalue weighted by molar-refractivity contribution is -0.118. The summed E-state index contributed by atoms with van der Waals surface area (Å²) in [6.07, 6.45) is 6.27. The predicted octanol–water partition coefficient (Wildman–Crippen LogP) is 4.12. The molecule has 0 bridgehead atoms. The number of allylic oxidation sites excluding steroid dienone is 1. The van der Waals surface area contributed by atoms with Crippen LogP contribution in [-0.2, 0) is 4.79 Å². The van der Waals surface area contributed by atoms with Crippen molar-refractivity contribution in [2.75, 3.05) is 10.6 Å². The molecule has 5 rings (SSSR count). The first kappa shape index (κ1) is 17.8. The van der Waals surface area contributed by atoms with Crippen LogP contribution in [0.5, 0.6) is 0 Å². The highest BCUT2D eigenvalue weighted by atomic mass is 35.5. The molecule has 3 heterocycles. The third-order valence-electron chi connectivity index (χ3n) is 4.88. The first-order valence-corrected chi connectivity index (χ1v) is 9.80. The smallest absolute Gasteiger partial charge is 0.228 e. The number of nitrogens with zero attached hydrogens (tertiary/aromatic N) is 3. The number of benzene rings is 1. The molecule has 2 fully saturated rings. The van der Waals surface area contributed by atoms with Crippen LogP contribution in [0, 0.1) is 0 Å². The molecular formula is C21H19ClN6O. The largest absolute Gasteiger partial charge is 0.367 e. The number of aromatic nitrogens is 3. The van der Waals surface area contributed by atoms with Gasteiger partial charge in [-0.3, -0.25) is 4.79 Å². The Morgan fingerprint density at radius 2 is 2.17 bits per heavy atom. The lowest BCUT2D eigenvalue weighted by Gasteiger charge is -2.12. The first-order chi connectivity index (χ1) is 14.0. The van der Waals surface area contributed by atoms with Crippen LogP contribution >= 0.6 is 11.6 Å². The lowest BCUT2D eigenvalue weighted by Crippen LogP contribution is -2.10. The monoisotopic (exact) mass is 406 g/mol. The molecule has 7 nitrogen and oxygen atoms in total. The number of rotatable bonds is 5.